The summed E-state index contributed by atoms with van der Waals surface area (Å²) in [5.41, 5.74) is -0.485. The van der Waals surface area contributed by atoms with Crippen molar-refractivity contribution in [1.29, 1.82) is 0 Å². The normalized spacial score (nSPS) is 15.2. The fourth-order valence-corrected chi connectivity index (χ4v) is 1.20. The first-order valence-corrected chi connectivity index (χ1v) is 5.15. The number of aryl methyl sites for hydroxylation is 1. The molecule has 0 spiro atoms. The fourth-order valence-electron chi connectivity index (χ4n) is 1.20. The fraction of sp³-hybridized carbons (Fsp3) is 0.800. The molecule has 0 bridgehead atoms. The minimum atomic E-state index is -0.485. The molecule has 15 heavy (non-hydrogen) atoms. The predicted molar refractivity (Wildman–Crippen MR) is 54.4 cm³/mol. The van der Waals surface area contributed by atoms with Crippen LogP contribution in [0, 0.1) is 0 Å². The highest BCUT2D eigenvalue weighted by Crippen LogP contribution is 2.25. The van der Waals surface area contributed by atoms with Crippen LogP contribution in [0.3, 0.4) is 0 Å². The largest absolute Gasteiger partial charge is 0.396 e. The zero-order valence-electron chi connectivity index (χ0n) is 9.49. The molecule has 0 aliphatic carbocycles. The van der Waals surface area contributed by atoms with Crippen LogP contribution in [-0.4, -0.2) is 29.0 Å². The van der Waals surface area contributed by atoms with Crippen LogP contribution in [-0.2, 0) is 16.8 Å². The molecule has 1 aromatic rings. The third-order valence-electron chi connectivity index (χ3n) is 2.62. The van der Waals surface area contributed by atoms with E-state index in [1.807, 2.05) is 13.8 Å². The lowest BCUT2D eigenvalue weighted by Gasteiger charge is -2.21. The molecule has 0 saturated carbocycles. The molecule has 1 unspecified atom stereocenters. The molecule has 1 rings (SSSR count). The lowest BCUT2D eigenvalue weighted by molar-refractivity contribution is -0.0106. The molecule has 0 aliphatic heterocycles. The van der Waals surface area contributed by atoms with Crippen molar-refractivity contribution in [2.75, 3.05) is 13.7 Å². The molecule has 1 N–H and O–H groups in total. The maximum atomic E-state index is 8.67. The van der Waals surface area contributed by atoms with E-state index in [9.17, 15) is 0 Å². The molecule has 0 fully saturated rings. The van der Waals surface area contributed by atoms with Crippen LogP contribution in [0.5, 0.6) is 0 Å². The zero-order chi connectivity index (χ0) is 11.3. The summed E-state index contributed by atoms with van der Waals surface area (Å²) in [6.07, 6.45) is 2.02. The SMILES string of the molecule is CCC(C)(OC)c1noc(CCCO)n1. The topological polar surface area (TPSA) is 68.4 Å². The summed E-state index contributed by atoms with van der Waals surface area (Å²) >= 11 is 0. The van der Waals surface area contributed by atoms with Crippen molar-refractivity contribution >= 4 is 0 Å². The standard InChI is InChI=1S/C10H18N2O3/c1-4-10(2,14-3)9-11-8(15-12-9)6-5-7-13/h13H,4-7H2,1-3H3. The van der Waals surface area contributed by atoms with Gasteiger partial charge in [0.25, 0.3) is 0 Å². The molecular weight excluding hydrogens is 196 g/mol. The second-order valence-corrected chi connectivity index (χ2v) is 3.63. The molecule has 0 aromatic carbocycles. The van der Waals surface area contributed by atoms with Gasteiger partial charge in [-0.05, 0) is 19.8 Å². The van der Waals surface area contributed by atoms with E-state index in [0.717, 1.165) is 6.42 Å². The number of ether oxygens (including phenoxy) is 1. The van der Waals surface area contributed by atoms with Gasteiger partial charge in [-0.25, -0.2) is 0 Å². The molecule has 1 atom stereocenters. The van der Waals surface area contributed by atoms with Crippen molar-refractivity contribution in [3.05, 3.63) is 11.7 Å². The van der Waals surface area contributed by atoms with Gasteiger partial charge in [-0.15, -0.1) is 0 Å². The van der Waals surface area contributed by atoms with Gasteiger partial charge in [-0.2, -0.15) is 4.98 Å². The highest BCUT2D eigenvalue weighted by Gasteiger charge is 2.29. The third-order valence-corrected chi connectivity index (χ3v) is 2.62. The molecule has 86 valence electrons. The smallest absolute Gasteiger partial charge is 0.226 e. The second-order valence-electron chi connectivity index (χ2n) is 3.63. The number of aromatic nitrogens is 2. The lowest BCUT2D eigenvalue weighted by atomic mass is 10.0. The molecular formula is C10H18N2O3. The Kier molecular flexibility index (Phi) is 4.23. The molecule has 0 radical (unpaired) electrons. The molecule has 1 aromatic heterocycles. The molecule has 0 aliphatic rings. The Morgan fingerprint density at radius 2 is 2.27 bits per heavy atom. The summed E-state index contributed by atoms with van der Waals surface area (Å²) < 4.78 is 10.4. The number of aliphatic hydroxyl groups is 1. The van der Waals surface area contributed by atoms with Gasteiger partial charge in [0.05, 0.1) is 0 Å². The summed E-state index contributed by atoms with van der Waals surface area (Å²) in [6, 6.07) is 0. The Bertz CT molecular complexity index is 295. The van der Waals surface area contributed by atoms with Gasteiger partial charge in [-0.1, -0.05) is 12.1 Å². The Balaban J connectivity index is 2.74. The van der Waals surface area contributed by atoms with Crippen LogP contribution in [0.2, 0.25) is 0 Å². The van der Waals surface area contributed by atoms with Crippen molar-refractivity contribution in [2.24, 2.45) is 0 Å². The Hall–Kier alpha value is -0.940. The van der Waals surface area contributed by atoms with Gasteiger partial charge >= 0.3 is 0 Å². The van der Waals surface area contributed by atoms with Crippen molar-refractivity contribution in [3.8, 4) is 0 Å². The quantitative estimate of drug-likeness (QED) is 0.772. The van der Waals surface area contributed by atoms with Crippen LogP contribution in [0.25, 0.3) is 0 Å². The monoisotopic (exact) mass is 214 g/mol. The van der Waals surface area contributed by atoms with Crippen molar-refractivity contribution in [3.63, 3.8) is 0 Å². The van der Waals surface area contributed by atoms with Crippen molar-refractivity contribution < 1.29 is 14.4 Å². The first-order valence-electron chi connectivity index (χ1n) is 5.15. The summed E-state index contributed by atoms with van der Waals surface area (Å²) in [4.78, 5) is 4.25. The van der Waals surface area contributed by atoms with E-state index >= 15 is 0 Å². The van der Waals surface area contributed by atoms with Gasteiger partial charge in [0, 0.05) is 20.1 Å². The molecule has 5 heteroatoms. The number of rotatable bonds is 6. The highest BCUT2D eigenvalue weighted by atomic mass is 16.5. The summed E-state index contributed by atoms with van der Waals surface area (Å²) in [7, 11) is 1.63. The van der Waals surface area contributed by atoms with E-state index < -0.39 is 5.60 Å². The maximum absolute atomic E-state index is 8.67. The third kappa shape index (κ3) is 2.76. The first kappa shape index (κ1) is 12.1. The number of nitrogens with zero attached hydrogens (tertiary/aromatic N) is 2. The summed E-state index contributed by atoms with van der Waals surface area (Å²) in [6.45, 7) is 4.06. The lowest BCUT2D eigenvalue weighted by Crippen LogP contribution is -2.24. The van der Waals surface area contributed by atoms with Crippen LogP contribution in [0.1, 0.15) is 38.4 Å². The van der Waals surface area contributed by atoms with E-state index in [0.29, 0.717) is 24.6 Å². The van der Waals surface area contributed by atoms with E-state index in [1.165, 1.54) is 0 Å². The van der Waals surface area contributed by atoms with Crippen LogP contribution in [0.4, 0.5) is 0 Å². The van der Waals surface area contributed by atoms with Crippen LogP contribution >= 0.6 is 0 Å². The van der Waals surface area contributed by atoms with Crippen molar-refractivity contribution in [2.45, 2.75) is 38.7 Å². The average Bonchev–Trinajstić information content (AvgIpc) is 2.74. The predicted octanol–water partition coefficient (Wildman–Crippen LogP) is 1.27. The number of methoxy groups -OCH3 is 1. The van der Waals surface area contributed by atoms with Crippen LogP contribution < -0.4 is 0 Å². The molecule has 5 nitrogen and oxygen atoms in total. The number of aliphatic hydroxyl groups excluding tert-OH is 1. The summed E-state index contributed by atoms with van der Waals surface area (Å²) in [5, 5.41) is 12.6. The van der Waals surface area contributed by atoms with E-state index in [-0.39, 0.29) is 6.61 Å². The van der Waals surface area contributed by atoms with Crippen LogP contribution in [0.15, 0.2) is 4.52 Å². The molecule has 0 saturated heterocycles. The van der Waals surface area contributed by atoms with Gasteiger partial charge in [0.2, 0.25) is 11.7 Å². The van der Waals surface area contributed by atoms with E-state index in [4.69, 9.17) is 14.4 Å². The first-order chi connectivity index (χ1) is 7.16. The Morgan fingerprint density at radius 1 is 1.53 bits per heavy atom. The van der Waals surface area contributed by atoms with Gasteiger partial charge in [0.15, 0.2) is 0 Å². The van der Waals surface area contributed by atoms with Gasteiger partial charge in [0.1, 0.15) is 5.60 Å². The Labute approximate surface area is 89.4 Å². The Morgan fingerprint density at radius 3 is 2.80 bits per heavy atom. The van der Waals surface area contributed by atoms with E-state index in [1.54, 1.807) is 7.11 Å². The minimum Gasteiger partial charge on any atom is -0.396 e. The number of hydrogen-bond acceptors (Lipinski definition) is 5. The van der Waals surface area contributed by atoms with Gasteiger partial charge in [-0.3, -0.25) is 0 Å². The van der Waals surface area contributed by atoms with E-state index in [2.05, 4.69) is 10.1 Å². The minimum absolute atomic E-state index is 0.132. The zero-order valence-corrected chi connectivity index (χ0v) is 9.49. The van der Waals surface area contributed by atoms with Gasteiger partial charge < -0.3 is 14.4 Å². The molecule has 0 amide bonds. The second kappa shape index (κ2) is 5.23. The maximum Gasteiger partial charge on any atom is 0.226 e. The van der Waals surface area contributed by atoms with Crippen molar-refractivity contribution in [1.82, 2.24) is 10.1 Å². The number of hydrogen-bond donors (Lipinski definition) is 1. The highest BCUT2D eigenvalue weighted by molar-refractivity contribution is 4.99. The summed E-state index contributed by atoms with van der Waals surface area (Å²) in [5.74, 6) is 1.12. The molecule has 1 heterocycles. The average molecular weight is 214 g/mol.